The summed E-state index contributed by atoms with van der Waals surface area (Å²) in [6.07, 6.45) is 0. The number of carboxylic acid groups (broad SMARTS) is 1. The zero-order valence-corrected chi connectivity index (χ0v) is 18.6. The van der Waals surface area contributed by atoms with E-state index in [0.717, 1.165) is 24.3 Å². The van der Waals surface area contributed by atoms with Crippen LogP contribution in [0.1, 0.15) is 26.3 Å². The van der Waals surface area contributed by atoms with Gasteiger partial charge in [-0.25, -0.2) is 9.18 Å². The summed E-state index contributed by atoms with van der Waals surface area (Å²) in [6.45, 7) is 3.53. The van der Waals surface area contributed by atoms with E-state index in [2.05, 4.69) is 15.1 Å². The normalized spacial score (nSPS) is 14.2. The first-order valence-electron chi connectivity index (χ1n) is 10.5. The molecule has 1 amide bonds. The summed E-state index contributed by atoms with van der Waals surface area (Å²) in [4.78, 5) is 28.6. The van der Waals surface area contributed by atoms with Gasteiger partial charge in [0.05, 0.1) is 16.9 Å². The summed E-state index contributed by atoms with van der Waals surface area (Å²) >= 11 is 5.90. The lowest BCUT2D eigenvalue weighted by atomic mass is 10.1. The second-order valence-corrected chi connectivity index (χ2v) is 8.33. The van der Waals surface area contributed by atoms with Crippen LogP contribution in [-0.2, 0) is 6.54 Å². The number of hydrogen-bond acceptors (Lipinski definition) is 4. The van der Waals surface area contributed by atoms with Crippen molar-refractivity contribution in [1.82, 2.24) is 4.90 Å². The van der Waals surface area contributed by atoms with E-state index in [1.807, 2.05) is 6.07 Å². The maximum atomic E-state index is 13.5. The number of amides is 1. The lowest BCUT2D eigenvalue weighted by molar-refractivity contribution is 0.0696. The molecule has 0 aliphatic carbocycles. The third kappa shape index (κ3) is 5.69. The van der Waals surface area contributed by atoms with Crippen LogP contribution < -0.4 is 10.2 Å². The Hall–Kier alpha value is -3.42. The maximum absolute atomic E-state index is 13.5. The number of benzene rings is 3. The molecule has 0 aromatic heterocycles. The third-order valence-corrected chi connectivity index (χ3v) is 5.86. The van der Waals surface area contributed by atoms with Crippen molar-refractivity contribution in [1.29, 1.82) is 0 Å². The Bertz CT molecular complexity index is 1160. The van der Waals surface area contributed by atoms with Crippen LogP contribution in [0.15, 0.2) is 66.7 Å². The van der Waals surface area contributed by atoms with Gasteiger partial charge in [0.1, 0.15) is 5.82 Å². The lowest BCUT2D eigenvalue weighted by Crippen LogP contribution is -2.46. The molecule has 33 heavy (non-hydrogen) atoms. The molecule has 1 aliphatic heterocycles. The summed E-state index contributed by atoms with van der Waals surface area (Å²) in [6, 6.07) is 17.8. The van der Waals surface area contributed by atoms with Crippen LogP contribution in [0, 0.1) is 5.82 Å². The van der Waals surface area contributed by atoms with Crippen molar-refractivity contribution < 1.29 is 19.1 Å². The molecule has 0 bridgehead atoms. The summed E-state index contributed by atoms with van der Waals surface area (Å²) < 4.78 is 13.5. The largest absolute Gasteiger partial charge is 0.478 e. The minimum Gasteiger partial charge on any atom is -0.478 e. The molecule has 3 aromatic rings. The van der Waals surface area contributed by atoms with E-state index < -0.39 is 5.97 Å². The van der Waals surface area contributed by atoms with E-state index >= 15 is 0 Å². The van der Waals surface area contributed by atoms with Gasteiger partial charge >= 0.3 is 5.97 Å². The molecule has 0 radical (unpaired) electrons. The predicted molar refractivity (Wildman–Crippen MR) is 127 cm³/mol. The third-order valence-electron chi connectivity index (χ3n) is 5.61. The number of aromatic carboxylic acids is 1. The highest BCUT2D eigenvalue weighted by Crippen LogP contribution is 2.29. The SMILES string of the molecule is O=C(O)c1ccc(N2CCN(Cc3cccc(F)c3)CC2)c(NC(=O)c2ccc(Cl)cc2)c1. The molecule has 8 heteroatoms. The first-order valence-corrected chi connectivity index (χ1v) is 10.9. The van der Waals surface area contributed by atoms with Crippen LogP contribution in [0.2, 0.25) is 5.02 Å². The van der Waals surface area contributed by atoms with Crippen LogP contribution in [-0.4, -0.2) is 48.1 Å². The van der Waals surface area contributed by atoms with E-state index in [-0.39, 0.29) is 17.3 Å². The van der Waals surface area contributed by atoms with Crippen molar-refractivity contribution in [3.63, 3.8) is 0 Å². The molecule has 6 nitrogen and oxygen atoms in total. The monoisotopic (exact) mass is 467 g/mol. The van der Waals surface area contributed by atoms with Gasteiger partial charge in [0, 0.05) is 43.3 Å². The average Bonchev–Trinajstić information content (AvgIpc) is 2.80. The van der Waals surface area contributed by atoms with Gasteiger partial charge in [-0.3, -0.25) is 9.69 Å². The standard InChI is InChI=1S/C25H23ClFN3O3/c26-20-7-4-18(5-8-20)24(31)28-22-15-19(25(32)33)6-9-23(22)30-12-10-29(11-13-30)16-17-2-1-3-21(27)14-17/h1-9,14-15H,10-13,16H2,(H,28,31)(H,32,33). The van der Waals surface area contributed by atoms with E-state index in [1.54, 1.807) is 42.5 Å². The predicted octanol–water partition coefficient (Wildman–Crippen LogP) is 4.75. The topological polar surface area (TPSA) is 72.9 Å². The fourth-order valence-corrected chi connectivity index (χ4v) is 4.01. The van der Waals surface area contributed by atoms with Crippen LogP contribution in [0.5, 0.6) is 0 Å². The Labute approximate surface area is 196 Å². The number of nitrogens with zero attached hydrogens (tertiary/aromatic N) is 2. The van der Waals surface area contributed by atoms with Gasteiger partial charge in [-0.2, -0.15) is 0 Å². The van der Waals surface area contributed by atoms with Gasteiger partial charge in [0.2, 0.25) is 0 Å². The van der Waals surface area contributed by atoms with Crippen molar-refractivity contribution in [2.24, 2.45) is 0 Å². The van der Waals surface area contributed by atoms with Crippen molar-refractivity contribution in [3.8, 4) is 0 Å². The van der Waals surface area contributed by atoms with Gasteiger partial charge in [-0.05, 0) is 60.2 Å². The van der Waals surface area contributed by atoms with Crippen molar-refractivity contribution in [3.05, 3.63) is 94.3 Å². The molecule has 1 heterocycles. The molecule has 0 unspecified atom stereocenters. The minimum absolute atomic E-state index is 0.0925. The molecule has 0 saturated carbocycles. The summed E-state index contributed by atoms with van der Waals surface area (Å²) in [5.74, 6) is -1.66. The highest BCUT2D eigenvalue weighted by molar-refractivity contribution is 6.30. The zero-order chi connectivity index (χ0) is 23.4. The number of halogens is 2. The molecule has 0 atom stereocenters. The second-order valence-electron chi connectivity index (χ2n) is 7.89. The van der Waals surface area contributed by atoms with Gasteiger partial charge in [-0.15, -0.1) is 0 Å². The van der Waals surface area contributed by atoms with Crippen molar-refractivity contribution in [2.45, 2.75) is 6.54 Å². The molecule has 2 N–H and O–H groups in total. The van der Waals surface area contributed by atoms with Crippen LogP contribution in [0.25, 0.3) is 0 Å². The Morgan fingerprint density at radius 1 is 0.939 bits per heavy atom. The molecule has 1 aliphatic rings. The highest BCUT2D eigenvalue weighted by Gasteiger charge is 2.21. The van der Waals surface area contributed by atoms with Crippen molar-refractivity contribution >= 4 is 34.9 Å². The number of carboxylic acids is 1. The molecule has 1 fully saturated rings. The van der Waals surface area contributed by atoms with E-state index in [9.17, 15) is 19.1 Å². The molecule has 0 spiro atoms. The lowest BCUT2D eigenvalue weighted by Gasteiger charge is -2.37. The smallest absolute Gasteiger partial charge is 0.335 e. The number of rotatable bonds is 6. The highest BCUT2D eigenvalue weighted by atomic mass is 35.5. The minimum atomic E-state index is -1.07. The van der Waals surface area contributed by atoms with Crippen LogP contribution >= 0.6 is 11.6 Å². The Kier molecular flexibility index (Phi) is 6.91. The van der Waals surface area contributed by atoms with E-state index in [4.69, 9.17) is 11.6 Å². The number of carbonyl (C=O) groups excluding carboxylic acids is 1. The maximum Gasteiger partial charge on any atom is 0.335 e. The Morgan fingerprint density at radius 3 is 2.30 bits per heavy atom. The molecule has 4 rings (SSSR count). The summed E-state index contributed by atoms with van der Waals surface area (Å²) in [5.41, 5.74) is 2.63. The molecule has 1 saturated heterocycles. The Balaban J connectivity index is 1.49. The number of nitrogens with one attached hydrogen (secondary N) is 1. The number of carbonyl (C=O) groups is 2. The Morgan fingerprint density at radius 2 is 1.64 bits per heavy atom. The second kappa shape index (κ2) is 10.0. The first-order chi connectivity index (χ1) is 15.9. The van der Waals surface area contributed by atoms with E-state index in [1.165, 1.54) is 18.2 Å². The zero-order valence-electron chi connectivity index (χ0n) is 17.8. The quantitative estimate of drug-likeness (QED) is 0.547. The van der Waals surface area contributed by atoms with Gasteiger partial charge < -0.3 is 15.3 Å². The van der Waals surface area contributed by atoms with Crippen molar-refractivity contribution in [2.75, 3.05) is 36.4 Å². The number of piperazine rings is 1. The average molecular weight is 468 g/mol. The number of hydrogen-bond donors (Lipinski definition) is 2. The van der Waals surface area contributed by atoms with Gasteiger partial charge in [0.25, 0.3) is 5.91 Å². The molecule has 170 valence electrons. The number of anilines is 2. The van der Waals surface area contributed by atoms with Gasteiger partial charge in [-0.1, -0.05) is 23.7 Å². The fourth-order valence-electron chi connectivity index (χ4n) is 3.88. The molecule has 3 aromatic carbocycles. The fraction of sp³-hybridized carbons (Fsp3) is 0.200. The summed E-state index contributed by atoms with van der Waals surface area (Å²) in [5, 5.41) is 12.8. The van der Waals surface area contributed by atoms with Gasteiger partial charge in [0.15, 0.2) is 0 Å². The van der Waals surface area contributed by atoms with Crippen LogP contribution in [0.4, 0.5) is 15.8 Å². The first kappa shape index (κ1) is 22.8. The molecular formula is C25H23ClFN3O3. The molecular weight excluding hydrogens is 445 g/mol. The van der Waals surface area contributed by atoms with Crippen LogP contribution in [0.3, 0.4) is 0 Å². The van der Waals surface area contributed by atoms with E-state index in [0.29, 0.717) is 35.9 Å². The summed E-state index contributed by atoms with van der Waals surface area (Å²) in [7, 11) is 0.